The van der Waals surface area contributed by atoms with Gasteiger partial charge in [-0.1, -0.05) is 0 Å². The molecule has 0 saturated heterocycles. The van der Waals surface area contributed by atoms with Gasteiger partial charge in [0.25, 0.3) is 0 Å². The van der Waals surface area contributed by atoms with Crippen molar-refractivity contribution >= 4 is 0 Å². The molecule has 13 heavy (non-hydrogen) atoms. The summed E-state index contributed by atoms with van der Waals surface area (Å²) in [5.74, 6) is 0.552. The van der Waals surface area contributed by atoms with Gasteiger partial charge in [0.15, 0.2) is 0 Å². The summed E-state index contributed by atoms with van der Waals surface area (Å²) >= 11 is 0. The highest BCUT2D eigenvalue weighted by atomic mass is 16.5. The first-order valence-corrected chi connectivity index (χ1v) is 3.88. The van der Waals surface area contributed by atoms with Crippen LogP contribution in [0, 0.1) is 11.3 Å². The van der Waals surface area contributed by atoms with Crippen LogP contribution in [-0.2, 0) is 0 Å². The quantitative estimate of drug-likeness (QED) is 0.744. The van der Waals surface area contributed by atoms with Crippen LogP contribution in [0.4, 0.5) is 0 Å². The summed E-state index contributed by atoms with van der Waals surface area (Å²) in [6.45, 7) is 0. The molecule has 0 amide bonds. The number of aromatic nitrogens is 1. The molecule has 0 aromatic carbocycles. The maximum Gasteiger partial charge on any atom is 0.212 e. The Hall–Kier alpha value is -1.60. The Morgan fingerprint density at radius 1 is 1.62 bits per heavy atom. The predicted octanol–water partition coefficient (Wildman–Crippen LogP) is 0.874. The Morgan fingerprint density at radius 2 is 2.38 bits per heavy atom. The molecule has 0 spiro atoms. The van der Waals surface area contributed by atoms with E-state index in [4.69, 9.17) is 10.00 Å². The van der Waals surface area contributed by atoms with E-state index in [1.165, 1.54) is 0 Å². The fourth-order valence-electron chi connectivity index (χ4n) is 0.989. The number of nitriles is 1. The van der Waals surface area contributed by atoms with E-state index in [-0.39, 0.29) is 6.04 Å². The molecule has 0 bridgehead atoms. The normalized spacial score (nSPS) is 11.8. The lowest BCUT2D eigenvalue weighted by Gasteiger charge is -2.07. The number of hydrogen-bond donors (Lipinski definition) is 1. The molecule has 0 radical (unpaired) electrons. The molecule has 1 N–H and O–H groups in total. The number of pyridine rings is 1. The van der Waals surface area contributed by atoms with Crippen molar-refractivity contribution in [2.24, 2.45) is 0 Å². The Morgan fingerprint density at radius 3 is 2.77 bits per heavy atom. The van der Waals surface area contributed by atoms with Crippen molar-refractivity contribution in [1.82, 2.24) is 10.3 Å². The minimum Gasteiger partial charge on any atom is -0.481 e. The molecule has 1 rings (SSSR count). The number of nitrogens with one attached hydrogen (secondary N) is 1. The van der Waals surface area contributed by atoms with Crippen molar-refractivity contribution in [3.05, 3.63) is 23.9 Å². The van der Waals surface area contributed by atoms with Crippen LogP contribution in [0.25, 0.3) is 0 Å². The summed E-state index contributed by atoms with van der Waals surface area (Å²) in [5, 5.41) is 11.6. The van der Waals surface area contributed by atoms with E-state index < -0.39 is 0 Å². The third-order valence-electron chi connectivity index (χ3n) is 1.72. The Balaban J connectivity index is 2.86. The molecular weight excluding hydrogens is 166 g/mol. The smallest absolute Gasteiger partial charge is 0.212 e. The first-order valence-electron chi connectivity index (χ1n) is 3.88. The first-order chi connectivity index (χ1) is 6.31. The third kappa shape index (κ3) is 2.17. The molecular formula is C9H11N3O. The first kappa shape index (κ1) is 9.49. The molecule has 1 atom stereocenters. The van der Waals surface area contributed by atoms with E-state index in [0.29, 0.717) is 5.88 Å². The van der Waals surface area contributed by atoms with Gasteiger partial charge in [0.2, 0.25) is 5.88 Å². The maximum absolute atomic E-state index is 8.73. The van der Waals surface area contributed by atoms with E-state index in [9.17, 15) is 0 Å². The summed E-state index contributed by atoms with van der Waals surface area (Å²) in [6, 6.07) is 5.36. The van der Waals surface area contributed by atoms with E-state index in [1.54, 1.807) is 26.4 Å². The average molecular weight is 177 g/mol. The molecule has 0 aliphatic heterocycles. The molecule has 0 fully saturated rings. The molecule has 4 nitrogen and oxygen atoms in total. The van der Waals surface area contributed by atoms with Crippen LogP contribution < -0.4 is 10.1 Å². The molecule has 0 aliphatic rings. The molecule has 0 saturated carbocycles. The van der Waals surface area contributed by atoms with Crippen molar-refractivity contribution < 1.29 is 4.74 Å². The van der Waals surface area contributed by atoms with Gasteiger partial charge in [0.1, 0.15) is 6.04 Å². The van der Waals surface area contributed by atoms with Crippen LogP contribution in [0.1, 0.15) is 11.6 Å². The SMILES string of the molecule is CNC(C#N)c1ccc(OC)nc1. The van der Waals surface area contributed by atoms with Gasteiger partial charge in [-0.25, -0.2) is 4.98 Å². The van der Waals surface area contributed by atoms with Gasteiger partial charge in [0.05, 0.1) is 13.2 Å². The van der Waals surface area contributed by atoms with Crippen LogP contribution >= 0.6 is 0 Å². The lowest BCUT2D eigenvalue weighted by atomic mass is 10.1. The molecule has 1 aromatic heterocycles. The lowest BCUT2D eigenvalue weighted by Crippen LogP contribution is -2.14. The van der Waals surface area contributed by atoms with Gasteiger partial charge in [0, 0.05) is 17.8 Å². The van der Waals surface area contributed by atoms with Crippen molar-refractivity contribution in [2.75, 3.05) is 14.2 Å². The topological polar surface area (TPSA) is 57.9 Å². The van der Waals surface area contributed by atoms with Gasteiger partial charge in [-0.05, 0) is 13.1 Å². The summed E-state index contributed by atoms with van der Waals surface area (Å²) < 4.78 is 4.90. The third-order valence-corrected chi connectivity index (χ3v) is 1.72. The summed E-state index contributed by atoms with van der Waals surface area (Å²) in [4.78, 5) is 4.00. The number of rotatable bonds is 3. The van der Waals surface area contributed by atoms with E-state index in [1.807, 2.05) is 6.07 Å². The van der Waals surface area contributed by atoms with Crippen molar-refractivity contribution in [3.8, 4) is 11.9 Å². The molecule has 1 heterocycles. The molecule has 68 valence electrons. The minimum atomic E-state index is -0.307. The fraction of sp³-hybridized carbons (Fsp3) is 0.333. The van der Waals surface area contributed by atoms with Crippen LogP contribution in [0.5, 0.6) is 5.88 Å². The lowest BCUT2D eigenvalue weighted by molar-refractivity contribution is 0.397. The number of ether oxygens (including phenoxy) is 1. The van der Waals surface area contributed by atoms with Gasteiger partial charge in [-0.2, -0.15) is 5.26 Å². The second-order valence-corrected chi connectivity index (χ2v) is 2.48. The molecule has 1 aromatic rings. The highest BCUT2D eigenvalue weighted by molar-refractivity contribution is 5.24. The Kier molecular flexibility index (Phi) is 3.23. The molecule has 0 aliphatic carbocycles. The molecule has 4 heteroatoms. The van der Waals surface area contributed by atoms with Crippen LogP contribution in [0.2, 0.25) is 0 Å². The van der Waals surface area contributed by atoms with Crippen molar-refractivity contribution in [3.63, 3.8) is 0 Å². The largest absolute Gasteiger partial charge is 0.481 e. The Labute approximate surface area is 77.2 Å². The second-order valence-electron chi connectivity index (χ2n) is 2.48. The number of nitrogens with zero attached hydrogens (tertiary/aromatic N) is 2. The van der Waals surface area contributed by atoms with Crippen molar-refractivity contribution in [2.45, 2.75) is 6.04 Å². The maximum atomic E-state index is 8.73. The fourth-order valence-corrected chi connectivity index (χ4v) is 0.989. The Bertz CT molecular complexity index is 302. The predicted molar refractivity (Wildman–Crippen MR) is 48.2 cm³/mol. The number of methoxy groups -OCH3 is 1. The zero-order valence-electron chi connectivity index (χ0n) is 7.61. The monoisotopic (exact) mass is 177 g/mol. The van der Waals surface area contributed by atoms with Gasteiger partial charge in [-0.15, -0.1) is 0 Å². The van der Waals surface area contributed by atoms with Gasteiger partial charge < -0.3 is 10.1 Å². The zero-order valence-corrected chi connectivity index (χ0v) is 7.61. The van der Waals surface area contributed by atoms with Crippen LogP contribution in [0.15, 0.2) is 18.3 Å². The number of hydrogen-bond acceptors (Lipinski definition) is 4. The zero-order chi connectivity index (χ0) is 9.68. The summed E-state index contributed by atoms with van der Waals surface area (Å²) in [5.41, 5.74) is 0.839. The van der Waals surface area contributed by atoms with Crippen LogP contribution in [0.3, 0.4) is 0 Å². The van der Waals surface area contributed by atoms with E-state index in [0.717, 1.165) is 5.56 Å². The minimum absolute atomic E-state index is 0.307. The van der Waals surface area contributed by atoms with Gasteiger partial charge >= 0.3 is 0 Å². The second kappa shape index (κ2) is 4.43. The highest BCUT2D eigenvalue weighted by Gasteiger charge is 2.07. The average Bonchev–Trinajstić information content (AvgIpc) is 2.21. The summed E-state index contributed by atoms with van der Waals surface area (Å²) in [6.07, 6.45) is 1.63. The van der Waals surface area contributed by atoms with Gasteiger partial charge in [-0.3, -0.25) is 0 Å². The summed E-state index contributed by atoms with van der Waals surface area (Å²) in [7, 11) is 3.29. The molecule has 1 unspecified atom stereocenters. The highest BCUT2D eigenvalue weighted by Crippen LogP contribution is 2.13. The van der Waals surface area contributed by atoms with E-state index in [2.05, 4.69) is 16.4 Å². The van der Waals surface area contributed by atoms with Crippen LogP contribution in [-0.4, -0.2) is 19.1 Å². The van der Waals surface area contributed by atoms with E-state index >= 15 is 0 Å². The van der Waals surface area contributed by atoms with Crippen molar-refractivity contribution in [1.29, 1.82) is 5.26 Å². The standard InChI is InChI=1S/C9H11N3O/c1-11-8(5-10)7-3-4-9(13-2)12-6-7/h3-4,6,8,11H,1-2H3.